The van der Waals surface area contributed by atoms with E-state index >= 15 is 0 Å². The Kier molecular flexibility index (Phi) is 4.78. The SMILES string of the molecule is CCOC(=O)C(C)(CCN)c1cc(F)ccc1F. The lowest BCUT2D eigenvalue weighted by molar-refractivity contribution is -0.149. The summed E-state index contributed by atoms with van der Waals surface area (Å²) in [7, 11) is 0. The minimum absolute atomic E-state index is 0.0219. The summed E-state index contributed by atoms with van der Waals surface area (Å²) in [6.07, 6.45) is 0.187. The number of hydrogen-bond acceptors (Lipinski definition) is 3. The lowest BCUT2D eigenvalue weighted by Gasteiger charge is -2.27. The Morgan fingerprint density at radius 3 is 2.67 bits per heavy atom. The van der Waals surface area contributed by atoms with E-state index in [1.165, 1.54) is 6.92 Å². The van der Waals surface area contributed by atoms with E-state index in [0.717, 1.165) is 18.2 Å². The van der Waals surface area contributed by atoms with E-state index in [1.54, 1.807) is 6.92 Å². The van der Waals surface area contributed by atoms with Gasteiger partial charge in [0, 0.05) is 5.56 Å². The van der Waals surface area contributed by atoms with Crippen molar-refractivity contribution in [3.05, 3.63) is 35.4 Å². The van der Waals surface area contributed by atoms with Gasteiger partial charge in [-0.05, 0) is 45.0 Å². The molecule has 0 amide bonds. The van der Waals surface area contributed by atoms with Crippen LogP contribution in [0, 0.1) is 11.6 Å². The van der Waals surface area contributed by atoms with Gasteiger partial charge in [0.05, 0.1) is 12.0 Å². The number of esters is 1. The molecule has 3 nitrogen and oxygen atoms in total. The first-order valence-electron chi connectivity index (χ1n) is 5.78. The standard InChI is InChI=1S/C13H17F2NO2/c1-3-18-12(17)13(2,6-7-16)10-8-9(14)4-5-11(10)15/h4-5,8H,3,6-7,16H2,1-2H3. The zero-order chi connectivity index (χ0) is 13.8. The number of benzene rings is 1. The van der Waals surface area contributed by atoms with Crippen molar-refractivity contribution in [3.8, 4) is 0 Å². The summed E-state index contributed by atoms with van der Waals surface area (Å²) in [5.41, 5.74) is 4.16. The van der Waals surface area contributed by atoms with Crippen LogP contribution in [0.15, 0.2) is 18.2 Å². The topological polar surface area (TPSA) is 52.3 Å². The van der Waals surface area contributed by atoms with Crippen LogP contribution in [-0.2, 0) is 14.9 Å². The Bertz CT molecular complexity index is 437. The molecule has 18 heavy (non-hydrogen) atoms. The van der Waals surface area contributed by atoms with Crippen LogP contribution in [0.4, 0.5) is 8.78 Å². The number of carbonyl (C=O) groups is 1. The number of carbonyl (C=O) groups excluding carboxylic acids is 1. The number of nitrogens with two attached hydrogens (primary N) is 1. The van der Waals surface area contributed by atoms with Gasteiger partial charge in [-0.25, -0.2) is 8.78 Å². The van der Waals surface area contributed by atoms with Crippen LogP contribution < -0.4 is 5.73 Å². The summed E-state index contributed by atoms with van der Waals surface area (Å²) in [4.78, 5) is 12.0. The molecule has 0 aromatic heterocycles. The summed E-state index contributed by atoms with van der Waals surface area (Å²) in [6.45, 7) is 3.51. The van der Waals surface area contributed by atoms with Gasteiger partial charge in [0.25, 0.3) is 0 Å². The van der Waals surface area contributed by atoms with Crippen LogP contribution in [0.25, 0.3) is 0 Å². The first-order chi connectivity index (χ1) is 8.45. The molecule has 1 rings (SSSR count). The molecule has 0 spiro atoms. The fraction of sp³-hybridized carbons (Fsp3) is 0.462. The fourth-order valence-corrected chi connectivity index (χ4v) is 1.85. The number of hydrogen-bond donors (Lipinski definition) is 1. The third kappa shape index (κ3) is 2.85. The van der Waals surface area contributed by atoms with Crippen LogP contribution in [0.2, 0.25) is 0 Å². The highest BCUT2D eigenvalue weighted by atomic mass is 19.1. The maximum atomic E-state index is 13.8. The Morgan fingerprint density at radius 2 is 2.11 bits per heavy atom. The monoisotopic (exact) mass is 257 g/mol. The lowest BCUT2D eigenvalue weighted by Crippen LogP contribution is -2.37. The maximum Gasteiger partial charge on any atom is 0.316 e. The minimum atomic E-state index is -1.27. The molecular weight excluding hydrogens is 240 g/mol. The molecule has 2 N–H and O–H groups in total. The highest BCUT2D eigenvalue weighted by Crippen LogP contribution is 2.31. The average Bonchev–Trinajstić information content (AvgIpc) is 2.32. The molecule has 0 radical (unpaired) electrons. The Hall–Kier alpha value is -1.49. The third-order valence-corrected chi connectivity index (χ3v) is 2.89. The number of halogens is 2. The van der Waals surface area contributed by atoms with Crippen molar-refractivity contribution in [2.75, 3.05) is 13.2 Å². The third-order valence-electron chi connectivity index (χ3n) is 2.89. The van der Waals surface area contributed by atoms with Crippen molar-refractivity contribution < 1.29 is 18.3 Å². The molecule has 0 saturated carbocycles. The van der Waals surface area contributed by atoms with E-state index in [0.29, 0.717) is 0 Å². The van der Waals surface area contributed by atoms with Gasteiger partial charge in [-0.3, -0.25) is 4.79 Å². The van der Waals surface area contributed by atoms with Crippen molar-refractivity contribution in [2.45, 2.75) is 25.7 Å². The molecule has 0 aliphatic carbocycles. The maximum absolute atomic E-state index is 13.8. The van der Waals surface area contributed by atoms with Crippen LogP contribution in [0.1, 0.15) is 25.8 Å². The van der Waals surface area contributed by atoms with Gasteiger partial charge in [0.1, 0.15) is 11.6 Å². The summed E-state index contributed by atoms with van der Waals surface area (Å²) >= 11 is 0. The van der Waals surface area contributed by atoms with Gasteiger partial charge < -0.3 is 10.5 Å². The van der Waals surface area contributed by atoms with Crippen LogP contribution in [-0.4, -0.2) is 19.1 Å². The van der Waals surface area contributed by atoms with E-state index in [-0.39, 0.29) is 25.1 Å². The average molecular weight is 257 g/mol. The summed E-state index contributed by atoms with van der Waals surface area (Å²) in [6, 6.07) is 3.02. The van der Waals surface area contributed by atoms with E-state index in [1.807, 2.05) is 0 Å². The molecule has 5 heteroatoms. The van der Waals surface area contributed by atoms with E-state index in [4.69, 9.17) is 10.5 Å². The van der Waals surface area contributed by atoms with Crippen LogP contribution in [0.5, 0.6) is 0 Å². The van der Waals surface area contributed by atoms with Gasteiger partial charge in [-0.15, -0.1) is 0 Å². The quantitative estimate of drug-likeness (QED) is 0.822. The highest BCUT2D eigenvalue weighted by molar-refractivity contribution is 5.82. The second kappa shape index (κ2) is 5.91. The van der Waals surface area contributed by atoms with E-state index in [9.17, 15) is 13.6 Å². The highest BCUT2D eigenvalue weighted by Gasteiger charge is 2.38. The van der Waals surface area contributed by atoms with Gasteiger partial charge in [0.15, 0.2) is 0 Å². The van der Waals surface area contributed by atoms with Gasteiger partial charge in [0.2, 0.25) is 0 Å². The molecule has 0 bridgehead atoms. The zero-order valence-electron chi connectivity index (χ0n) is 10.5. The molecule has 1 unspecified atom stereocenters. The smallest absolute Gasteiger partial charge is 0.316 e. The second-order valence-electron chi connectivity index (χ2n) is 4.22. The first kappa shape index (κ1) is 14.6. The van der Waals surface area contributed by atoms with E-state index < -0.39 is 23.0 Å². The van der Waals surface area contributed by atoms with Gasteiger partial charge in [-0.2, -0.15) is 0 Å². The summed E-state index contributed by atoms with van der Waals surface area (Å²) in [5, 5.41) is 0. The summed E-state index contributed by atoms with van der Waals surface area (Å²) in [5.74, 6) is -1.83. The predicted molar refractivity (Wildman–Crippen MR) is 64.0 cm³/mol. The minimum Gasteiger partial charge on any atom is -0.465 e. The van der Waals surface area contributed by atoms with Crippen molar-refractivity contribution in [1.82, 2.24) is 0 Å². The molecule has 1 aromatic rings. The van der Waals surface area contributed by atoms with Crippen molar-refractivity contribution >= 4 is 5.97 Å². The number of ether oxygens (including phenoxy) is 1. The second-order valence-corrected chi connectivity index (χ2v) is 4.22. The molecule has 1 atom stereocenters. The number of rotatable bonds is 5. The Morgan fingerprint density at radius 1 is 1.44 bits per heavy atom. The molecule has 0 heterocycles. The van der Waals surface area contributed by atoms with Crippen LogP contribution >= 0.6 is 0 Å². The molecule has 1 aromatic carbocycles. The normalized spacial score (nSPS) is 14.1. The van der Waals surface area contributed by atoms with Gasteiger partial charge >= 0.3 is 5.97 Å². The van der Waals surface area contributed by atoms with Crippen molar-refractivity contribution in [2.24, 2.45) is 5.73 Å². The van der Waals surface area contributed by atoms with Crippen molar-refractivity contribution in [3.63, 3.8) is 0 Å². The Balaban J connectivity index is 3.25. The first-order valence-corrected chi connectivity index (χ1v) is 5.78. The lowest BCUT2D eigenvalue weighted by atomic mass is 9.79. The van der Waals surface area contributed by atoms with E-state index in [2.05, 4.69) is 0 Å². The molecule has 100 valence electrons. The predicted octanol–water partition coefficient (Wildman–Crippen LogP) is 2.13. The largest absolute Gasteiger partial charge is 0.465 e. The molecule has 0 aliphatic heterocycles. The fourth-order valence-electron chi connectivity index (χ4n) is 1.85. The van der Waals surface area contributed by atoms with Crippen LogP contribution in [0.3, 0.4) is 0 Å². The molecular formula is C13H17F2NO2. The zero-order valence-corrected chi connectivity index (χ0v) is 10.5. The summed E-state index contributed by atoms with van der Waals surface area (Å²) < 4.78 is 31.9. The molecule has 0 saturated heterocycles. The van der Waals surface area contributed by atoms with Crippen molar-refractivity contribution in [1.29, 1.82) is 0 Å². The molecule has 0 aliphatic rings. The molecule has 0 fully saturated rings. The Labute approximate surface area is 105 Å². The van der Waals surface area contributed by atoms with Gasteiger partial charge in [-0.1, -0.05) is 0 Å².